The van der Waals surface area contributed by atoms with Gasteiger partial charge in [-0.15, -0.1) is 0 Å². The van der Waals surface area contributed by atoms with Crippen LogP contribution in [0.1, 0.15) is 45.1 Å². The standard InChI is InChI=1S/C18H30N2/c1-4-20(18-11-7-16(3)8-12-18)14-13-19-17-9-5-15(2)6-10-17/h7-8,11-12,15,17,19H,4-6,9-10,13-14H2,1-3H3. The van der Waals surface area contributed by atoms with Crippen LogP contribution in [-0.2, 0) is 0 Å². The SMILES string of the molecule is CCN(CCNC1CCC(C)CC1)c1ccc(C)cc1. The molecular weight excluding hydrogens is 244 g/mol. The van der Waals surface area contributed by atoms with E-state index in [1.165, 1.54) is 36.9 Å². The van der Waals surface area contributed by atoms with Crippen LogP contribution in [0.15, 0.2) is 24.3 Å². The molecule has 0 unspecified atom stereocenters. The summed E-state index contributed by atoms with van der Waals surface area (Å²) in [6.45, 7) is 10.0. The molecule has 1 aromatic rings. The number of nitrogens with one attached hydrogen (secondary N) is 1. The zero-order valence-electron chi connectivity index (χ0n) is 13.4. The zero-order chi connectivity index (χ0) is 14.4. The summed E-state index contributed by atoms with van der Waals surface area (Å²) in [5.74, 6) is 0.938. The molecule has 0 atom stereocenters. The summed E-state index contributed by atoms with van der Waals surface area (Å²) in [5, 5.41) is 3.75. The molecule has 0 heterocycles. The van der Waals surface area contributed by atoms with Crippen LogP contribution < -0.4 is 10.2 Å². The highest BCUT2D eigenvalue weighted by atomic mass is 15.1. The first-order chi connectivity index (χ1) is 9.69. The maximum atomic E-state index is 3.75. The molecule has 0 radical (unpaired) electrons. The maximum Gasteiger partial charge on any atom is 0.0366 e. The second-order valence-corrected chi connectivity index (χ2v) is 6.33. The number of nitrogens with zero attached hydrogens (tertiary/aromatic N) is 1. The molecule has 112 valence electrons. The third-order valence-corrected chi connectivity index (χ3v) is 4.61. The van der Waals surface area contributed by atoms with E-state index < -0.39 is 0 Å². The van der Waals surface area contributed by atoms with Crippen LogP contribution >= 0.6 is 0 Å². The van der Waals surface area contributed by atoms with Gasteiger partial charge in [0.25, 0.3) is 0 Å². The summed E-state index contributed by atoms with van der Waals surface area (Å²) in [7, 11) is 0. The summed E-state index contributed by atoms with van der Waals surface area (Å²) in [4.78, 5) is 2.46. The summed E-state index contributed by atoms with van der Waals surface area (Å²) in [6.07, 6.45) is 5.51. The minimum absolute atomic E-state index is 0.753. The van der Waals surface area contributed by atoms with E-state index >= 15 is 0 Å². The number of benzene rings is 1. The van der Waals surface area contributed by atoms with E-state index in [0.29, 0.717) is 0 Å². The molecule has 0 bridgehead atoms. The molecule has 0 aromatic heterocycles. The lowest BCUT2D eigenvalue weighted by atomic mass is 9.87. The average molecular weight is 274 g/mol. The van der Waals surface area contributed by atoms with Crippen molar-refractivity contribution in [3.63, 3.8) is 0 Å². The Morgan fingerprint density at radius 3 is 2.35 bits per heavy atom. The van der Waals surface area contributed by atoms with Gasteiger partial charge in [0, 0.05) is 31.4 Å². The number of hydrogen-bond donors (Lipinski definition) is 1. The first-order valence-electron chi connectivity index (χ1n) is 8.24. The van der Waals surface area contributed by atoms with Gasteiger partial charge >= 0.3 is 0 Å². The van der Waals surface area contributed by atoms with Crippen LogP contribution in [0.25, 0.3) is 0 Å². The van der Waals surface area contributed by atoms with Crippen LogP contribution in [0, 0.1) is 12.8 Å². The van der Waals surface area contributed by atoms with Crippen molar-refractivity contribution in [2.75, 3.05) is 24.5 Å². The molecule has 2 rings (SSSR count). The van der Waals surface area contributed by atoms with Gasteiger partial charge in [-0.2, -0.15) is 0 Å². The predicted molar refractivity (Wildman–Crippen MR) is 88.5 cm³/mol. The van der Waals surface area contributed by atoms with Crippen LogP contribution in [0.3, 0.4) is 0 Å². The van der Waals surface area contributed by atoms with Gasteiger partial charge in [-0.25, -0.2) is 0 Å². The van der Waals surface area contributed by atoms with Gasteiger partial charge in [0.1, 0.15) is 0 Å². The fraction of sp³-hybridized carbons (Fsp3) is 0.667. The molecule has 0 aliphatic heterocycles. The molecular formula is C18H30N2. The maximum absolute atomic E-state index is 3.75. The van der Waals surface area contributed by atoms with Gasteiger partial charge in [0.05, 0.1) is 0 Å². The van der Waals surface area contributed by atoms with Crippen molar-refractivity contribution in [1.82, 2.24) is 5.32 Å². The number of hydrogen-bond acceptors (Lipinski definition) is 2. The normalized spacial score (nSPS) is 22.8. The van der Waals surface area contributed by atoms with Crippen LogP contribution in [-0.4, -0.2) is 25.7 Å². The van der Waals surface area contributed by atoms with Crippen molar-refractivity contribution in [3.05, 3.63) is 29.8 Å². The van der Waals surface area contributed by atoms with Crippen molar-refractivity contribution < 1.29 is 0 Å². The number of aryl methyl sites for hydroxylation is 1. The molecule has 1 aliphatic rings. The van der Waals surface area contributed by atoms with Gasteiger partial charge < -0.3 is 10.2 Å². The van der Waals surface area contributed by atoms with E-state index in [4.69, 9.17) is 0 Å². The van der Waals surface area contributed by atoms with Gasteiger partial charge in [0.2, 0.25) is 0 Å². The molecule has 1 saturated carbocycles. The first kappa shape index (κ1) is 15.4. The van der Waals surface area contributed by atoms with Crippen molar-refractivity contribution >= 4 is 5.69 Å². The van der Waals surface area contributed by atoms with E-state index in [1.807, 2.05) is 0 Å². The van der Waals surface area contributed by atoms with Crippen LogP contribution in [0.4, 0.5) is 5.69 Å². The van der Waals surface area contributed by atoms with Crippen LogP contribution in [0.2, 0.25) is 0 Å². The van der Waals surface area contributed by atoms with Crippen molar-refractivity contribution in [3.8, 4) is 0 Å². The molecule has 1 aromatic carbocycles. The monoisotopic (exact) mass is 274 g/mol. The van der Waals surface area contributed by atoms with E-state index in [2.05, 4.69) is 55.3 Å². The topological polar surface area (TPSA) is 15.3 Å². The highest BCUT2D eigenvalue weighted by molar-refractivity contribution is 5.47. The largest absolute Gasteiger partial charge is 0.371 e. The van der Waals surface area contributed by atoms with E-state index in [-0.39, 0.29) is 0 Å². The summed E-state index contributed by atoms with van der Waals surface area (Å²) < 4.78 is 0. The molecule has 1 N–H and O–H groups in total. The molecule has 1 fully saturated rings. The highest BCUT2D eigenvalue weighted by Crippen LogP contribution is 2.23. The van der Waals surface area contributed by atoms with Gasteiger partial charge in [-0.05, 0) is 57.6 Å². The zero-order valence-corrected chi connectivity index (χ0v) is 13.4. The fourth-order valence-electron chi connectivity index (χ4n) is 3.09. The summed E-state index contributed by atoms with van der Waals surface area (Å²) in [6, 6.07) is 9.63. The molecule has 0 spiro atoms. The molecule has 2 heteroatoms. The lowest BCUT2D eigenvalue weighted by molar-refractivity contribution is 0.309. The van der Waals surface area contributed by atoms with Crippen LogP contribution in [0.5, 0.6) is 0 Å². The minimum Gasteiger partial charge on any atom is -0.371 e. The Balaban J connectivity index is 1.75. The van der Waals surface area contributed by atoms with E-state index in [9.17, 15) is 0 Å². The molecule has 2 nitrogen and oxygen atoms in total. The quantitative estimate of drug-likeness (QED) is 0.844. The van der Waals surface area contributed by atoms with Crippen molar-refractivity contribution in [2.24, 2.45) is 5.92 Å². The van der Waals surface area contributed by atoms with Gasteiger partial charge in [0.15, 0.2) is 0 Å². The van der Waals surface area contributed by atoms with E-state index in [1.54, 1.807) is 0 Å². The second-order valence-electron chi connectivity index (χ2n) is 6.33. The lowest BCUT2D eigenvalue weighted by Crippen LogP contribution is -2.38. The molecule has 0 amide bonds. The van der Waals surface area contributed by atoms with Crippen molar-refractivity contribution in [2.45, 2.75) is 52.5 Å². The van der Waals surface area contributed by atoms with E-state index in [0.717, 1.165) is 31.6 Å². The highest BCUT2D eigenvalue weighted by Gasteiger charge is 2.17. The number of likely N-dealkylation sites (N-methyl/N-ethyl adjacent to an activating group) is 1. The Morgan fingerprint density at radius 1 is 1.10 bits per heavy atom. The smallest absolute Gasteiger partial charge is 0.0366 e. The Labute approximate surface area is 124 Å². The Kier molecular flexibility index (Phi) is 5.90. The predicted octanol–water partition coefficient (Wildman–Crippen LogP) is 3.99. The van der Waals surface area contributed by atoms with Gasteiger partial charge in [-0.1, -0.05) is 24.6 Å². The molecule has 1 aliphatic carbocycles. The fourth-order valence-corrected chi connectivity index (χ4v) is 3.09. The summed E-state index contributed by atoms with van der Waals surface area (Å²) >= 11 is 0. The Morgan fingerprint density at radius 2 is 1.75 bits per heavy atom. The van der Waals surface area contributed by atoms with Crippen molar-refractivity contribution in [1.29, 1.82) is 0 Å². The third kappa shape index (κ3) is 4.52. The third-order valence-electron chi connectivity index (χ3n) is 4.61. The average Bonchev–Trinajstić information content (AvgIpc) is 2.47. The Hall–Kier alpha value is -1.02. The number of rotatable bonds is 6. The number of anilines is 1. The molecule has 0 saturated heterocycles. The molecule has 20 heavy (non-hydrogen) atoms. The first-order valence-corrected chi connectivity index (χ1v) is 8.24. The summed E-state index contributed by atoms with van der Waals surface area (Å²) in [5.41, 5.74) is 2.68. The Bertz CT molecular complexity index is 377. The van der Waals surface area contributed by atoms with Gasteiger partial charge in [-0.3, -0.25) is 0 Å². The second kappa shape index (κ2) is 7.68. The minimum atomic E-state index is 0.753. The lowest BCUT2D eigenvalue weighted by Gasteiger charge is -2.29.